The third kappa shape index (κ3) is 2.22. The quantitative estimate of drug-likeness (QED) is 0.731. The highest BCUT2D eigenvalue weighted by molar-refractivity contribution is 7.86. The van der Waals surface area contributed by atoms with Crippen molar-refractivity contribution in [2.45, 2.75) is 4.90 Å². The van der Waals surface area contributed by atoms with E-state index in [-0.39, 0.29) is 10.8 Å². The Morgan fingerprint density at radius 3 is 2.10 bits per heavy atom. The molecule has 20 heavy (non-hydrogen) atoms. The largest absolute Gasteiger partial charge is 0.478 e. The standard InChI is InChI=1S/C12H8O7S/c13-11(14)8-5-6-3-1-2-4-7(6)10(20(17,18)19)9(8)12(15)16/h1-5H,(H,13,14)(H,15,16)(H,17,18,19). The van der Waals surface area contributed by atoms with Crippen LogP contribution in [0.5, 0.6) is 0 Å². The molecule has 2 rings (SSSR count). The van der Waals surface area contributed by atoms with Crippen molar-refractivity contribution < 1.29 is 32.8 Å². The monoisotopic (exact) mass is 296 g/mol. The van der Waals surface area contributed by atoms with Gasteiger partial charge in [-0.1, -0.05) is 24.3 Å². The molecule has 0 atom stereocenters. The smallest absolute Gasteiger partial charge is 0.338 e. The summed E-state index contributed by atoms with van der Waals surface area (Å²) in [6.07, 6.45) is 0. The molecule has 7 nitrogen and oxygen atoms in total. The van der Waals surface area contributed by atoms with E-state index in [1.54, 1.807) is 0 Å². The van der Waals surface area contributed by atoms with Crippen LogP contribution in [0.2, 0.25) is 0 Å². The zero-order valence-corrected chi connectivity index (χ0v) is 10.6. The van der Waals surface area contributed by atoms with Gasteiger partial charge in [-0.25, -0.2) is 9.59 Å². The second-order valence-electron chi connectivity index (χ2n) is 3.93. The molecule has 0 amide bonds. The highest BCUT2D eigenvalue weighted by atomic mass is 32.2. The van der Waals surface area contributed by atoms with Crippen molar-refractivity contribution >= 4 is 32.8 Å². The number of carbonyl (C=O) groups is 2. The maximum absolute atomic E-state index is 11.4. The molecule has 0 heterocycles. The minimum atomic E-state index is -4.91. The van der Waals surface area contributed by atoms with Gasteiger partial charge in [0.2, 0.25) is 0 Å². The minimum Gasteiger partial charge on any atom is -0.478 e. The minimum absolute atomic E-state index is 0.0580. The first-order valence-electron chi connectivity index (χ1n) is 5.23. The first-order chi connectivity index (χ1) is 9.23. The van der Waals surface area contributed by atoms with Crippen molar-refractivity contribution in [3.05, 3.63) is 41.5 Å². The Hall–Kier alpha value is -2.45. The van der Waals surface area contributed by atoms with E-state index < -0.39 is 38.1 Å². The van der Waals surface area contributed by atoms with Crippen molar-refractivity contribution in [2.24, 2.45) is 0 Å². The Morgan fingerprint density at radius 2 is 1.60 bits per heavy atom. The molecule has 0 bridgehead atoms. The van der Waals surface area contributed by atoms with E-state index in [1.807, 2.05) is 0 Å². The number of carboxylic acids is 2. The molecule has 0 aliphatic carbocycles. The molecule has 8 heteroatoms. The van der Waals surface area contributed by atoms with Crippen LogP contribution in [-0.2, 0) is 10.1 Å². The van der Waals surface area contributed by atoms with Crippen LogP contribution in [0.25, 0.3) is 10.8 Å². The summed E-state index contributed by atoms with van der Waals surface area (Å²) in [5.41, 5.74) is -1.66. The lowest BCUT2D eigenvalue weighted by Crippen LogP contribution is -2.15. The number of fused-ring (bicyclic) bond motifs is 1. The zero-order valence-electron chi connectivity index (χ0n) is 9.77. The highest BCUT2D eigenvalue weighted by Gasteiger charge is 2.29. The molecular weight excluding hydrogens is 288 g/mol. The number of benzene rings is 2. The molecule has 0 spiro atoms. The summed E-state index contributed by atoms with van der Waals surface area (Å²) in [7, 11) is -4.91. The van der Waals surface area contributed by atoms with Gasteiger partial charge in [-0.15, -0.1) is 0 Å². The Bertz CT molecular complexity index is 836. The average Bonchev–Trinajstić information content (AvgIpc) is 2.34. The molecule has 0 saturated carbocycles. The predicted molar refractivity (Wildman–Crippen MR) is 67.7 cm³/mol. The Labute approximate surface area is 112 Å². The van der Waals surface area contributed by atoms with Crippen molar-refractivity contribution in [3.8, 4) is 0 Å². The Kier molecular flexibility index (Phi) is 3.20. The van der Waals surface area contributed by atoms with Crippen LogP contribution >= 0.6 is 0 Å². The average molecular weight is 296 g/mol. The van der Waals surface area contributed by atoms with Crippen molar-refractivity contribution in [1.82, 2.24) is 0 Å². The van der Waals surface area contributed by atoms with Crippen LogP contribution in [0.3, 0.4) is 0 Å². The van der Waals surface area contributed by atoms with Crippen LogP contribution < -0.4 is 0 Å². The molecule has 0 unspecified atom stereocenters. The lowest BCUT2D eigenvalue weighted by atomic mass is 10.0. The third-order valence-electron chi connectivity index (χ3n) is 2.70. The Morgan fingerprint density at radius 1 is 1.00 bits per heavy atom. The van der Waals surface area contributed by atoms with Crippen LogP contribution in [0, 0.1) is 0 Å². The normalized spacial score (nSPS) is 11.4. The van der Waals surface area contributed by atoms with Gasteiger partial charge in [-0.2, -0.15) is 8.42 Å². The van der Waals surface area contributed by atoms with Gasteiger partial charge >= 0.3 is 11.9 Å². The van der Waals surface area contributed by atoms with Gasteiger partial charge in [-0.05, 0) is 11.5 Å². The van der Waals surface area contributed by atoms with Gasteiger partial charge < -0.3 is 10.2 Å². The number of hydrogen-bond acceptors (Lipinski definition) is 4. The molecule has 0 aromatic heterocycles. The molecule has 0 saturated heterocycles. The third-order valence-corrected chi connectivity index (χ3v) is 3.64. The maximum atomic E-state index is 11.4. The summed E-state index contributed by atoms with van der Waals surface area (Å²) in [6.45, 7) is 0. The topological polar surface area (TPSA) is 129 Å². The van der Waals surface area contributed by atoms with E-state index in [0.717, 1.165) is 6.07 Å². The molecule has 2 aromatic rings. The fourth-order valence-electron chi connectivity index (χ4n) is 1.96. The molecule has 0 aliphatic heterocycles. The van der Waals surface area contributed by atoms with Gasteiger partial charge in [0, 0.05) is 5.39 Å². The van der Waals surface area contributed by atoms with E-state index in [2.05, 4.69) is 0 Å². The lowest BCUT2D eigenvalue weighted by molar-refractivity contribution is 0.0648. The maximum Gasteiger partial charge on any atom is 0.338 e. The lowest BCUT2D eigenvalue weighted by Gasteiger charge is -2.10. The number of aromatic carboxylic acids is 2. The fourth-order valence-corrected chi connectivity index (χ4v) is 2.88. The number of hydrogen-bond donors (Lipinski definition) is 3. The summed E-state index contributed by atoms with van der Waals surface area (Å²) in [6, 6.07) is 6.74. The van der Waals surface area contributed by atoms with Crippen molar-refractivity contribution in [1.29, 1.82) is 0 Å². The highest BCUT2D eigenvalue weighted by Crippen LogP contribution is 2.30. The summed E-state index contributed by atoms with van der Waals surface area (Å²) in [4.78, 5) is 21.4. The van der Waals surface area contributed by atoms with E-state index in [1.165, 1.54) is 24.3 Å². The van der Waals surface area contributed by atoms with Gasteiger partial charge in [0.05, 0.1) is 11.1 Å². The summed E-state index contributed by atoms with van der Waals surface area (Å²) >= 11 is 0. The molecular formula is C12H8O7S. The predicted octanol–water partition coefficient (Wildman–Crippen LogP) is 1.48. The van der Waals surface area contributed by atoms with Gasteiger partial charge in [-0.3, -0.25) is 4.55 Å². The van der Waals surface area contributed by atoms with E-state index in [0.29, 0.717) is 0 Å². The Balaban J connectivity index is 3.15. The van der Waals surface area contributed by atoms with Gasteiger partial charge in [0.25, 0.3) is 10.1 Å². The summed E-state index contributed by atoms with van der Waals surface area (Å²) in [5, 5.41) is 18.2. The van der Waals surface area contributed by atoms with E-state index in [4.69, 9.17) is 10.2 Å². The molecule has 3 N–H and O–H groups in total. The summed E-state index contributed by atoms with van der Waals surface area (Å²) in [5.74, 6) is -3.35. The second kappa shape index (κ2) is 4.58. The van der Waals surface area contributed by atoms with Crippen LogP contribution in [0.4, 0.5) is 0 Å². The molecule has 0 radical (unpaired) electrons. The molecule has 2 aromatic carbocycles. The first-order valence-corrected chi connectivity index (χ1v) is 6.67. The van der Waals surface area contributed by atoms with Crippen LogP contribution in [-0.4, -0.2) is 35.1 Å². The van der Waals surface area contributed by atoms with Crippen LogP contribution in [0.1, 0.15) is 20.7 Å². The van der Waals surface area contributed by atoms with E-state index in [9.17, 15) is 22.6 Å². The fraction of sp³-hybridized carbons (Fsp3) is 0. The number of carboxylic acid groups (broad SMARTS) is 2. The molecule has 0 aliphatic rings. The zero-order chi connectivity index (χ0) is 15.1. The number of rotatable bonds is 3. The van der Waals surface area contributed by atoms with E-state index >= 15 is 0 Å². The van der Waals surface area contributed by atoms with Gasteiger partial charge in [0.15, 0.2) is 0 Å². The SMILES string of the molecule is O=C(O)c1cc2ccccc2c(S(=O)(=O)O)c1C(=O)O. The van der Waals surface area contributed by atoms with Gasteiger partial charge in [0.1, 0.15) is 4.90 Å². The van der Waals surface area contributed by atoms with Crippen molar-refractivity contribution in [2.75, 3.05) is 0 Å². The molecule has 0 fully saturated rings. The summed E-state index contributed by atoms with van der Waals surface area (Å²) < 4.78 is 32.1. The first kappa shape index (κ1) is 14.0. The molecule has 104 valence electrons. The second-order valence-corrected chi connectivity index (χ2v) is 5.29. The van der Waals surface area contributed by atoms with Crippen LogP contribution in [0.15, 0.2) is 35.2 Å². The van der Waals surface area contributed by atoms with Crippen molar-refractivity contribution in [3.63, 3.8) is 0 Å².